The fraction of sp³-hybridized carbons (Fsp3) is 0.312. The number of carboxylic acid groups (broad SMARTS) is 1. The number of carboxylic acids is 1. The number of hydrogen-bond acceptors (Lipinski definition) is 5. The molecular formula is C16H18N2O4S. The maximum atomic E-state index is 11.8. The fourth-order valence-electron chi connectivity index (χ4n) is 1.94. The second kappa shape index (κ2) is 8.28. The number of carbonyl (C=O) groups is 2. The van der Waals surface area contributed by atoms with Crippen molar-refractivity contribution in [2.45, 2.75) is 19.8 Å². The first-order valence-corrected chi connectivity index (χ1v) is 8.03. The number of nitrogens with one attached hydrogen (secondary N) is 1. The molecule has 1 aromatic heterocycles. The summed E-state index contributed by atoms with van der Waals surface area (Å²) in [6.45, 7) is 2.75. The number of para-hydroxylation sites is 1. The summed E-state index contributed by atoms with van der Waals surface area (Å²) >= 11 is 1.29. The third-order valence-corrected chi connectivity index (χ3v) is 3.92. The Balaban J connectivity index is 1.70. The van der Waals surface area contributed by atoms with Gasteiger partial charge in [-0.25, -0.2) is 4.98 Å². The molecule has 2 N–H and O–H groups in total. The van der Waals surface area contributed by atoms with E-state index >= 15 is 0 Å². The largest absolute Gasteiger partial charge is 0.491 e. The third-order valence-electron chi connectivity index (χ3n) is 3.02. The summed E-state index contributed by atoms with van der Waals surface area (Å²) in [5, 5.41) is 13.7. The average Bonchev–Trinajstić information content (AvgIpc) is 2.91. The molecule has 1 aromatic carbocycles. The van der Waals surface area contributed by atoms with Crippen LogP contribution in [0.1, 0.15) is 16.3 Å². The van der Waals surface area contributed by atoms with Crippen molar-refractivity contribution in [1.82, 2.24) is 10.3 Å². The van der Waals surface area contributed by atoms with E-state index in [0.29, 0.717) is 23.9 Å². The first-order valence-electron chi connectivity index (χ1n) is 7.15. The van der Waals surface area contributed by atoms with Crippen LogP contribution in [0.15, 0.2) is 29.6 Å². The first kappa shape index (κ1) is 17.0. The van der Waals surface area contributed by atoms with Gasteiger partial charge >= 0.3 is 5.97 Å². The normalized spacial score (nSPS) is 10.3. The Bertz CT molecular complexity index is 684. The second-order valence-electron chi connectivity index (χ2n) is 4.94. The number of carbonyl (C=O) groups excluding carboxylic acids is 1. The number of thiazole rings is 1. The standard InChI is InChI=1S/C16H18N2O4S/c1-11-4-2-3-5-13(11)22-7-6-17-14(19)9-15-18-12(10-23-15)8-16(20)21/h2-5,10H,6-9H2,1H3,(H,17,19)(H,20,21). The van der Waals surface area contributed by atoms with Gasteiger partial charge in [0.25, 0.3) is 0 Å². The van der Waals surface area contributed by atoms with Crippen molar-refractivity contribution in [2.24, 2.45) is 0 Å². The predicted octanol–water partition coefficient (Wildman–Crippen LogP) is 1.82. The minimum atomic E-state index is -0.931. The number of hydrogen-bond donors (Lipinski definition) is 2. The summed E-state index contributed by atoms with van der Waals surface area (Å²) in [5.74, 6) is -0.283. The molecular weight excluding hydrogens is 316 g/mol. The number of aryl methyl sites for hydroxylation is 1. The number of benzene rings is 1. The van der Waals surface area contributed by atoms with E-state index in [1.807, 2.05) is 31.2 Å². The number of rotatable bonds is 8. The summed E-state index contributed by atoms with van der Waals surface area (Å²) in [5.41, 5.74) is 1.53. The van der Waals surface area contributed by atoms with Gasteiger partial charge in [0.2, 0.25) is 5.91 Å². The minimum absolute atomic E-state index is 0.123. The molecule has 0 radical (unpaired) electrons. The maximum Gasteiger partial charge on any atom is 0.309 e. The van der Waals surface area contributed by atoms with E-state index in [0.717, 1.165) is 11.3 Å². The molecule has 122 valence electrons. The van der Waals surface area contributed by atoms with Crippen LogP contribution in [0.2, 0.25) is 0 Å². The van der Waals surface area contributed by atoms with Crippen molar-refractivity contribution < 1.29 is 19.4 Å². The Kier molecular flexibility index (Phi) is 6.10. The second-order valence-corrected chi connectivity index (χ2v) is 5.89. The smallest absolute Gasteiger partial charge is 0.309 e. The topological polar surface area (TPSA) is 88.5 Å². The number of aliphatic carboxylic acids is 1. The zero-order valence-electron chi connectivity index (χ0n) is 12.7. The fourth-order valence-corrected chi connectivity index (χ4v) is 2.73. The van der Waals surface area contributed by atoms with Crippen LogP contribution in [-0.4, -0.2) is 35.1 Å². The lowest BCUT2D eigenvalue weighted by Crippen LogP contribution is -2.29. The molecule has 6 nitrogen and oxygen atoms in total. The van der Waals surface area contributed by atoms with Crippen LogP contribution in [0.25, 0.3) is 0 Å². The lowest BCUT2D eigenvalue weighted by molar-refractivity contribution is -0.136. The van der Waals surface area contributed by atoms with Gasteiger partial charge in [-0.05, 0) is 18.6 Å². The van der Waals surface area contributed by atoms with Crippen molar-refractivity contribution in [3.63, 3.8) is 0 Å². The average molecular weight is 334 g/mol. The summed E-state index contributed by atoms with van der Waals surface area (Å²) < 4.78 is 5.59. The lowest BCUT2D eigenvalue weighted by atomic mass is 10.2. The van der Waals surface area contributed by atoms with Crippen LogP contribution >= 0.6 is 11.3 Å². The van der Waals surface area contributed by atoms with E-state index in [1.54, 1.807) is 5.38 Å². The molecule has 7 heteroatoms. The van der Waals surface area contributed by atoms with Crippen LogP contribution in [0, 0.1) is 6.92 Å². The molecule has 1 amide bonds. The molecule has 23 heavy (non-hydrogen) atoms. The molecule has 2 aromatic rings. The SMILES string of the molecule is Cc1ccccc1OCCNC(=O)Cc1nc(CC(=O)O)cs1. The molecule has 0 fully saturated rings. The van der Waals surface area contributed by atoms with Crippen LogP contribution < -0.4 is 10.1 Å². The van der Waals surface area contributed by atoms with Gasteiger partial charge < -0.3 is 15.2 Å². The molecule has 0 bridgehead atoms. The molecule has 0 aliphatic rings. The minimum Gasteiger partial charge on any atom is -0.491 e. The van der Waals surface area contributed by atoms with Crippen LogP contribution in [0.3, 0.4) is 0 Å². The molecule has 0 spiro atoms. The highest BCUT2D eigenvalue weighted by molar-refractivity contribution is 7.09. The number of aromatic nitrogens is 1. The Morgan fingerprint density at radius 2 is 2.09 bits per heavy atom. The molecule has 0 aliphatic heterocycles. The molecule has 0 atom stereocenters. The summed E-state index contributed by atoms with van der Waals surface area (Å²) in [7, 11) is 0. The van der Waals surface area contributed by atoms with Gasteiger partial charge in [-0.2, -0.15) is 0 Å². The summed E-state index contributed by atoms with van der Waals surface area (Å²) in [6, 6.07) is 7.69. The third kappa shape index (κ3) is 5.71. The van der Waals surface area contributed by atoms with E-state index in [4.69, 9.17) is 9.84 Å². The highest BCUT2D eigenvalue weighted by Crippen LogP contribution is 2.15. The summed E-state index contributed by atoms with van der Waals surface area (Å²) in [6.07, 6.45) is 0.0248. The van der Waals surface area contributed by atoms with E-state index in [1.165, 1.54) is 11.3 Å². The van der Waals surface area contributed by atoms with E-state index in [-0.39, 0.29) is 18.7 Å². The molecule has 0 saturated carbocycles. The number of amides is 1. The van der Waals surface area contributed by atoms with Gasteiger partial charge in [-0.15, -0.1) is 11.3 Å². The van der Waals surface area contributed by atoms with Crippen molar-refractivity contribution >= 4 is 23.2 Å². The predicted molar refractivity (Wildman–Crippen MR) is 86.8 cm³/mol. The molecule has 0 aliphatic carbocycles. The van der Waals surface area contributed by atoms with Gasteiger partial charge in [-0.1, -0.05) is 18.2 Å². The van der Waals surface area contributed by atoms with Crippen molar-refractivity contribution in [3.05, 3.63) is 45.9 Å². The van der Waals surface area contributed by atoms with Crippen molar-refractivity contribution in [3.8, 4) is 5.75 Å². The Hall–Kier alpha value is -2.41. The lowest BCUT2D eigenvalue weighted by Gasteiger charge is -2.09. The Labute approximate surface area is 138 Å². The number of nitrogens with zero attached hydrogens (tertiary/aromatic N) is 1. The highest BCUT2D eigenvalue weighted by Gasteiger charge is 2.09. The van der Waals surface area contributed by atoms with Crippen LogP contribution in [0.5, 0.6) is 5.75 Å². The molecule has 2 rings (SSSR count). The van der Waals surface area contributed by atoms with Crippen LogP contribution in [-0.2, 0) is 22.4 Å². The Morgan fingerprint density at radius 3 is 2.83 bits per heavy atom. The zero-order valence-corrected chi connectivity index (χ0v) is 13.6. The zero-order chi connectivity index (χ0) is 16.7. The van der Waals surface area contributed by atoms with Gasteiger partial charge in [0.1, 0.15) is 17.4 Å². The number of ether oxygens (including phenoxy) is 1. The monoisotopic (exact) mass is 334 g/mol. The van der Waals surface area contributed by atoms with Crippen LogP contribution in [0.4, 0.5) is 0 Å². The van der Waals surface area contributed by atoms with Crippen molar-refractivity contribution in [1.29, 1.82) is 0 Å². The summed E-state index contributed by atoms with van der Waals surface area (Å²) in [4.78, 5) is 26.5. The Morgan fingerprint density at radius 1 is 1.30 bits per heavy atom. The van der Waals surface area contributed by atoms with E-state index < -0.39 is 5.97 Å². The van der Waals surface area contributed by atoms with Crippen molar-refractivity contribution in [2.75, 3.05) is 13.2 Å². The van der Waals surface area contributed by atoms with Gasteiger partial charge in [-0.3, -0.25) is 9.59 Å². The molecule has 1 heterocycles. The van der Waals surface area contributed by atoms with E-state index in [2.05, 4.69) is 10.3 Å². The van der Waals surface area contributed by atoms with Gasteiger partial charge in [0.15, 0.2) is 0 Å². The highest BCUT2D eigenvalue weighted by atomic mass is 32.1. The maximum absolute atomic E-state index is 11.8. The van der Waals surface area contributed by atoms with Gasteiger partial charge in [0.05, 0.1) is 25.1 Å². The quantitative estimate of drug-likeness (QED) is 0.719. The first-order chi connectivity index (χ1) is 11.0. The molecule has 0 unspecified atom stereocenters. The van der Waals surface area contributed by atoms with Gasteiger partial charge in [0, 0.05) is 5.38 Å². The van der Waals surface area contributed by atoms with E-state index in [9.17, 15) is 9.59 Å². The molecule has 0 saturated heterocycles.